The van der Waals surface area contributed by atoms with Crippen molar-refractivity contribution in [3.63, 3.8) is 0 Å². The largest absolute Gasteiger partial charge is 0.370 e. The molecule has 0 N–H and O–H groups in total. The van der Waals surface area contributed by atoms with Crippen molar-refractivity contribution in [3.8, 4) is 11.1 Å². The molecular weight excluding hydrogens is 496 g/mol. The van der Waals surface area contributed by atoms with E-state index in [4.69, 9.17) is 11.6 Å². The molecule has 2 saturated heterocycles. The summed E-state index contributed by atoms with van der Waals surface area (Å²) in [4.78, 5) is 14.2. The van der Waals surface area contributed by atoms with Crippen LogP contribution in [0.1, 0.15) is 26.7 Å². The molecule has 9 heteroatoms. The van der Waals surface area contributed by atoms with Crippen molar-refractivity contribution in [2.24, 2.45) is 0 Å². The molecule has 2 aromatic carbocycles. The Morgan fingerprint density at radius 3 is 2.26 bits per heavy atom. The van der Waals surface area contributed by atoms with Gasteiger partial charge in [-0.1, -0.05) is 23.7 Å². The second-order valence-corrected chi connectivity index (χ2v) is 11.7. The lowest BCUT2D eigenvalue weighted by atomic mass is 10.0. The highest BCUT2D eigenvalue weighted by atomic mass is 35.5. The fraction of sp³-hybridized carbons (Fsp3) is 0.483. The number of benzene rings is 2. The molecule has 2 aliphatic rings. The summed E-state index contributed by atoms with van der Waals surface area (Å²) < 4.78 is 2.15. The molecule has 38 heavy (non-hydrogen) atoms. The Morgan fingerprint density at radius 2 is 1.58 bits per heavy atom. The Balaban J connectivity index is 1.34. The van der Waals surface area contributed by atoms with Gasteiger partial charge in [-0.05, 0) is 83.2 Å². The van der Waals surface area contributed by atoms with Crippen LogP contribution in [0.25, 0.3) is 27.8 Å². The molecule has 4 aromatic rings. The highest BCUT2D eigenvalue weighted by Gasteiger charge is 2.29. The van der Waals surface area contributed by atoms with Crippen LogP contribution < -0.4 is 9.80 Å². The number of hydrogen-bond acceptors (Lipinski definition) is 7. The van der Waals surface area contributed by atoms with Crippen LogP contribution in [0.2, 0.25) is 5.02 Å². The second-order valence-electron chi connectivity index (χ2n) is 11.3. The number of anilines is 2. The molecule has 2 aromatic heterocycles. The molecule has 0 spiro atoms. The van der Waals surface area contributed by atoms with Gasteiger partial charge in [0.2, 0.25) is 5.95 Å². The van der Waals surface area contributed by atoms with Gasteiger partial charge in [0.15, 0.2) is 5.65 Å². The van der Waals surface area contributed by atoms with Crippen LogP contribution in [0.15, 0.2) is 42.6 Å². The number of hydrogen-bond donors (Lipinski definition) is 0. The molecule has 0 amide bonds. The number of likely N-dealkylation sites (N-methyl/N-ethyl adjacent to an activating group) is 1. The smallest absolute Gasteiger partial charge is 0.232 e. The minimum absolute atomic E-state index is 0.434. The van der Waals surface area contributed by atoms with Crippen molar-refractivity contribution in [2.45, 2.75) is 44.8 Å². The SMILES string of the molecule is C[C@@H]1CN(c2nnc3cnc4ccc(-c5ccc(N6CCC(N(C)C)CC6)c(Cl)c5)cc4n23)C[C@H](C)N1C. The van der Waals surface area contributed by atoms with Crippen LogP contribution in [-0.4, -0.2) is 94.8 Å². The van der Waals surface area contributed by atoms with E-state index < -0.39 is 0 Å². The van der Waals surface area contributed by atoms with Gasteiger partial charge in [-0.15, -0.1) is 10.2 Å². The van der Waals surface area contributed by atoms with Crippen molar-refractivity contribution >= 4 is 39.9 Å². The maximum absolute atomic E-state index is 6.87. The first-order valence-corrected chi connectivity index (χ1v) is 14.0. The Hall–Kier alpha value is -2.94. The van der Waals surface area contributed by atoms with Gasteiger partial charge in [0, 0.05) is 44.3 Å². The molecule has 0 radical (unpaired) electrons. The van der Waals surface area contributed by atoms with E-state index in [1.807, 2.05) is 6.20 Å². The summed E-state index contributed by atoms with van der Waals surface area (Å²) in [5, 5.41) is 9.88. The summed E-state index contributed by atoms with van der Waals surface area (Å²) in [7, 11) is 6.54. The van der Waals surface area contributed by atoms with E-state index in [2.05, 4.69) is 111 Å². The van der Waals surface area contributed by atoms with Gasteiger partial charge in [-0.2, -0.15) is 0 Å². The summed E-state index contributed by atoms with van der Waals surface area (Å²) in [6, 6.07) is 14.4. The Labute approximate surface area is 229 Å². The van der Waals surface area contributed by atoms with Crippen LogP contribution in [0.3, 0.4) is 0 Å². The third-order valence-corrected chi connectivity index (χ3v) is 8.97. The third kappa shape index (κ3) is 4.48. The number of rotatable bonds is 4. The molecule has 200 valence electrons. The lowest BCUT2D eigenvalue weighted by Gasteiger charge is -2.42. The van der Waals surface area contributed by atoms with Crippen molar-refractivity contribution in [1.29, 1.82) is 0 Å². The molecule has 2 aliphatic heterocycles. The lowest BCUT2D eigenvalue weighted by molar-refractivity contribution is 0.169. The highest BCUT2D eigenvalue weighted by molar-refractivity contribution is 6.33. The first kappa shape index (κ1) is 25.3. The quantitative estimate of drug-likeness (QED) is 0.379. The molecule has 6 rings (SSSR count). The number of nitrogens with zero attached hydrogens (tertiary/aromatic N) is 8. The maximum Gasteiger partial charge on any atom is 0.232 e. The fourth-order valence-corrected chi connectivity index (χ4v) is 6.36. The van der Waals surface area contributed by atoms with Crippen LogP contribution in [0.4, 0.5) is 11.6 Å². The maximum atomic E-state index is 6.87. The molecule has 0 unspecified atom stereocenters. The van der Waals surface area contributed by atoms with Crippen molar-refractivity contribution in [3.05, 3.63) is 47.6 Å². The van der Waals surface area contributed by atoms with Gasteiger partial charge in [0.25, 0.3) is 0 Å². The molecule has 8 nitrogen and oxygen atoms in total. The van der Waals surface area contributed by atoms with E-state index >= 15 is 0 Å². The molecule has 2 atom stereocenters. The van der Waals surface area contributed by atoms with Gasteiger partial charge in [-0.3, -0.25) is 14.3 Å². The van der Waals surface area contributed by atoms with Gasteiger partial charge in [-0.25, -0.2) is 0 Å². The van der Waals surface area contributed by atoms with E-state index in [1.54, 1.807) is 0 Å². The molecule has 2 fully saturated rings. The Kier molecular flexibility index (Phi) is 6.66. The minimum Gasteiger partial charge on any atom is -0.370 e. The predicted molar refractivity (Wildman–Crippen MR) is 157 cm³/mol. The van der Waals surface area contributed by atoms with Crippen LogP contribution in [-0.2, 0) is 0 Å². The molecule has 0 bridgehead atoms. The van der Waals surface area contributed by atoms with Crippen LogP contribution >= 0.6 is 11.6 Å². The zero-order chi connectivity index (χ0) is 26.6. The summed E-state index contributed by atoms with van der Waals surface area (Å²) in [6.07, 6.45) is 4.13. The van der Waals surface area contributed by atoms with Crippen molar-refractivity contribution in [2.75, 3.05) is 57.1 Å². The summed E-state index contributed by atoms with van der Waals surface area (Å²) in [5.74, 6) is 0.880. The molecule has 0 saturated carbocycles. The third-order valence-electron chi connectivity index (χ3n) is 8.67. The highest BCUT2D eigenvalue weighted by Crippen LogP contribution is 2.34. The number of aromatic nitrogens is 4. The average Bonchev–Trinajstić information content (AvgIpc) is 3.36. The van der Waals surface area contributed by atoms with E-state index in [-0.39, 0.29) is 0 Å². The number of piperidine rings is 1. The standard InChI is InChI=1S/C29H37ClN8/c1-19-17-37(18-20(2)35(19)5)29-33-32-28-16-31-25-8-6-22(15-27(25)38(28)29)21-7-9-26(24(30)14-21)36-12-10-23(11-13-36)34(3)4/h6-9,14-16,19-20,23H,10-13,17-18H2,1-5H3/t19-,20+. The Bertz CT molecular complexity index is 1450. The Morgan fingerprint density at radius 1 is 0.895 bits per heavy atom. The van der Waals surface area contributed by atoms with Crippen molar-refractivity contribution < 1.29 is 0 Å². The predicted octanol–water partition coefficient (Wildman–Crippen LogP) is 4.66. The number of halogens is 1. The van der Waals surface area contributed by atoms with E-state index in [0.717, 1.165) is 83.5 Å². The van der Waals surface area contributed by atoms with Gasteiger partial charge in [0.1, 0.15) is 0 Å². The summed E-state index contributed by atoms with van der Waals surface area (Å²) in [6.45, 7) is 8.41. The summed E-state index contributed by atoms with van der Waals surface area (Å²) >= 11 is 6.87. The monoisotopic (exact) mass is 532 g/mol. The zero-order valence-electron chi connectivity index (χ0n) is 23.0. The zero-order valence-corrected chi connectivity index (χ0v) is 23.7. The first-order valence-electron chi connectivity index (χ1n) is 13.6. The number of fused-ring (bicyclic) bond motifs is 3. The average molecular weight is 533 g/mol. The van der Waals surface area contributed by atoms with Gasteiger partial charge in [0.05, 0.1) is 27.9 Å². The van der Waals surface area contributed by atoms with Crippen molar-refractivity contribution in [1.82, 2.24) is 29.4 Å². The lowest BCUT2D eigenvalue weighted by Crippen LogP contribution is -2.55. The fourth-order valence-electron chi connectivity index (χ4n) is 6.06. The second kappa shape index (κ2) is 9.98. The normalized spacial score (nSPS) is 21.8. The van der Waals surface area contributed by atoms with Crippen LogP contribution in [0.5, 0.6) is 0 Å². The van der Waals surface area contributed by atoms with E-state index in [1.165, 1.54) is 0 Å². The molecule has 0 aliphatic carbocycles. The van der Waals surface area contributed by atoms with Crippen LogP contribution in [0, 0.1) is 0 Å². The van der Waals surface area contributed by atoms with E-state index in [9.17, 15) is 0 Å². The van der Waals surface area contributed by atoms with Gasteiger partial charge >= 0.3 is 0 Å². The molecular formula is C29H37ClN8. The first-order chi connectivity index (χ1) is 18.3. The number of piperazine rings is 1. The topological polar surface area (TPSA) is 56.0 Å². The van der Waals surface area contributed by atoms with Gasteiger partial charge < -0.3 is 14.7 Å². The molecule has 4 heterocycles. The van der Waals surface area contributed by atoms with E-state index in [0.29, 0.717) is 18.1 Å². The minimum atomic E-state index is 0.434. The summed E-state index contributed by atoms with van der Waals surface area (Å²) in [5.41, 5.74) is 6.01.